The highest BCUT2D eigenvalue weighted by atomic mass is 35.5. The lowest BCUT2D eigenvalue weighted by Gasteiger charge is -2.22. The van der Waals surface area contributed by atoms with Crippen LogP contribution in [0.25, 0.3) is 0 Å². The van der Waals surface area contributed by atoms with Gasteiger partial charge in [-0.25, -0.2) is 0 Å². The van der Waals surface area contributed by atoms with Gasteiger partial charge in [0, 0.05) is 5.02 Å². The van der Waals surface area contributed by atoms with Crippen LogP contribution in [0.3, 0.4) is 0 Å². The number of amides is 2. The van der Waals surface area contributed by atoms with Gasteiger partial charge in [-0.1, -0.05) is 11.6 Å². The summed E-state index contributed by atoms with van der Waals surface area (Å²) in [6.45, 7) is 1.67. The van der Waals surface area contributed by atoms with E-state index >= 15 is 0 Å². The van der Waals surface area contributed by atoms with Gasteiger partial charge >= 0.3 is 0 Å². The van der Waals surface area contributed by atoms with Gasteiger partial charge in [-0.05, 0) is 32.2 Å². The maximum Gasteiger partial charge on any atom is 0.241 e. The molecule has 0 spiro atoms. The number of benzene rings is 1. The summed E-state index contributed by atoms with van der Waals surface area (Å²) in [5.41, 5.74) is 11.7. The van der Waals surface area contributed by atoms with E-state index in [9.17, 15) is 9.59 Å². The minimum absolute atomic E-state index is 0.000382. The highest BCUT2D eigenvalue weighted by molar-refractivity contribution is 6.31. The summed E-state index contributed by atoms with van der Waals surface area (Å²) in [4.78, 5) is 24.3. The van der Waals surface area contributed by atoms with Gasteiger partial charge in [-0.3, -0.25) is 14.5 Å². The molecule has 0 bridgehead atoms. The third-order valence-electron chi connectivity index (χ3n) is 2.72. The number of carbonyl (C=O) groups is 2. The smallest absolute Gasteiger partial charge is 0.241 e. The average Bonchev–Trinajstić information content (AvgIpc) is 2.31. The fourth-order valence-electron chi connectivity index (χ4n) is 1.46. The number of nitrogen functional groups attached to an aromatic ring is 1. The standard InChI is InChI=1S/C12H17ClN4O2/c1-7(17(2)6-11(15)18)12(19)16-10-5-8(13)3-4-9(10)14/h3-5,7H,6,14H2,1-2H3,(H2,15,18)(H,16,19). The highest BCUT2D eigenvalue weighted by Crippen LogP contribution is 2.23. The number of nitrogens with zero attached hydrogens (tertiary/aromatic N) is 1. The molecule has 104 valence electrons. The molecule has 1 atom stereocenters. The summed E-state index contributed by atoms with van der Waals surface area (Å²) >= 11 is 5.83. The normalized spacial score (nSPS) is 12.2. The number of hydrogen-bond donors (Lipinski definition) is 3. The molecular formula is C12H17ClN4O2. The monoisotopic (exact) mass is 284 g/mol. The van der Waals surface area contributed by atoms with Gasteiger partial charge in [0.25, 0.3) is 0 Å². The summed E-state index contributed by atoms with van der Waals surface area (Å²) in [5, 5.41) is 3.14. The molecule has 1 unspecified atom stereocenters. The van der Waals surface area contributed by atoms with E-state index in [1.54, 1.807) is 37.1 Å². The Morgan fingerprint density at radius 3 is 2.68 bits per heavy atom. The first-order valence-corrected chi connectivity index (χ1v) is 6.03. The second-order valence-corrected chi connectivity index (χ2v) is 4.71. The number of nitrogens with one attached hydrogen (secondary N) is 1. The average molecular weight is 285 g/mol. The van der Waals surface area contributed by atoms with Crippen molar-refractivity contribution in [2.75, 3.05) is 24.6 Å². The van der Waals surface area contributed by atoms with Gasteiger partial charge in [-0.2, -0.15) is 0 Å². The predicted molar refractivity (Wildman–Crippen MR) is 75.8 cm³/mol. The van der Waals surface area contributed by atoms with Gasteiger partial charge in [0.05, 0.1) is 24.0 Å². The van der Waals surface area contributed by atoms with Crippen LogP contribution < -0.4 is 16.8 Å². The first-order chi connectivity index (χ1) is 8.81. The number of carbonyl (C=O) groups excluding carboxylic acids is 2. The van der Waals surface area contributed by atoms with Crippen molar-refractivity contribution in [3.63, 3.8) is 0 Å². The molecule has 6 nitrogen and oxygen atoms in total. The molecule has 0 heterocycles. The predicted octanol–water partition coefficient (Wildman–Crippen LogP) is 0.666. The van der Waals surface area contributed by atoms with Crippen LogP contribution >= 0.6 is 11.6 Å². The van der Waals surface area contributed by atoms with Gasteiger partial charge in [0.15, 0.2) is 0 Å². The van der Waals surface area contributed by atoms with Crippen molar-refractivity contribution >= 4 is 34.8 Å². The zero-order valence-corrected chi connectivity index (χ0v) is 11.6. The van der Waals surface area contributed by atoms with Crippen LogP contribution in [-0.4, -0.2) is 36.3 Å². The van der Waals surface area contributed by atoms with E-state index in [4.69, 9.17) is 23.1 Å². The Morgan fingerprint density at radius 1 is 1.47 bits per heavy atom. The van der Waals surface area contributed by atoms with E-state index in [1.807, 2.05) is 0 Å². The lowest BCUT2D eigenvalue weighted by Crippen LogP contribution is -2.43. The lowest BCUT2D eigenvalue weighted by molar-refractivity contribution is -0.123. The third kappa shape index (κ3) is 4.42. The molecule has 7 heteroatoms. The van der Waals surface area contributed by atoms with Gasteiger partial charge < -0.3 is 16.8 Å². The molecule has 19 heavy (non-hydrogen) atoms. The van der Waals surface area contributed by atoms with Gasteiger partial charge in [0.2, 0.25) is 11.8 Å². The van der Waals surface area contributed by atoms with Crippen LogP contribution in [0.15, 0.2) is 18.2 Å². The Labute approximate surface area is 116 Å². The molecule has 0 aliphatic rings. The van der Waals surface area contributed by atoms with Crippen molar-refractivity contribution < 1.29 is 9.59 Å². The summed E-state index contributed by atoms with van der Waals surface area (Å²) in [6.07, 6.45) is 0. The number of nitrogens with two attached hydrogens (primary N) is 2. The number of primary amides is 1. The van der Waals surface area contributed by atoms with E-state index in [2.05, 4.69) is 5.32 Å². The third-order valence-corrected chi connectivity index (χ3v) is 2.95. The molecule has 1 aromatic rings. The summed E-state index contributed by atoms with van der Waals surface area (Å²) < 4.78 is 0. The van der Waals surface area contributed by atoms with Crippen molar-refractivity contribution in [2.24, 2.45) is 5.73 Å². The quantitative estimate of drug-likeness (QED) is 0.692. The molecule has 0 aliphatic carbocycles. The minimum Gasteiger partial charge on any atom is -0.397 e. The molecule has 5 N–H and O–H groups in total. The number of hydrogen-bond acceptors (Lipinski definition) is 4. The molecule has 0 fully saturated rings. The van der Waals surface area contributed by atoms with Crippen molar-refractivity contribution in [1.29, 1.82) is 0 Å². The zero-order valence-electron chi connectivity index (χ0n) is 10.8. The first-order valence-electron chi connectivity index (χ1n) is 5.65. The van der Waals surface area contributed by atoms with Crippen molar-refractivity contribution in [1.82, 2.24) is 4.90 Å². The van der Waals surface area contributed by atoms with E-state index < -0.39 is 11.9 Å². The number of anilines is 2. The molecule has 0 aromatic heterocycles. The Morgan fingerprint density at radius 2 is 2.11 bits per heavy atom. The molecule has 2 amide bonds. The van der Waals surface area contributed by atoms with Gasteiger partial charge in [-0.15, -0.1) is 0 Å². The van der Waals surface area contributed by atoms with Gasteiger partial charge in [0.1, 0.15) is 0 Å². The summed E-state index contributed by atoms with van der Waals surface area (Å²) in [6, 6.07) is 4.28. The van der Waals surface area contributed by atoms with E-state index in [-0.39, 0.29) is 12.5 Å². The first kappa shape index (κ1) is 15.3. The van der Waals surface area contributed by atoms with Crippen LogP contribution in [0.2, 0.25) is 5.02 Å². The fourth-order valence-corrected chi connectivity index (χ4v) is 1.63. The van der Waals surface area contributed by atoms with Crippen molar-refractivity contribution in [2.45, 2.75) is 13.0 Å². The Hall–Kier alpha value is -1.79. The highest BCUT2D eigenvalue weighted by Gasteiger charge is 2.19. The largest absolute Gasteiger partial charge is 0.397 e. The van der Waals surface area contributed by atoms with E-state index in [0.717, 1.165) is 0 Å². The number of likely N-dealkylation sites (N-methyl/N-ethyl adjacent to an activating group) is 1. The summed E-state index contributed by atoms with van der Waals surface area (Å²) in [5.74, 6) is -0.790. The van der Waals surface area contributed by atoms with Crippen LogP contribution in [-0.2, 0) is 9.59 Å². The second-order valence-electron chi connectivity index (χ2n) is 4.28. The van der Waals surface area contributed by atoms with E-state index in [1.165, 1.54) is 0 Å². The second kappa shape index (κ2) is 6.40. The lowest BCUT2D eigenvalue weighted by atomic mass is 10.2. The van der Waals surface area contributed by atoms with Crippen LogP contribution in [0.1, 0.15) is 6.92 Å². The van der Waals surface area contributed by atoms with Crippen LogP contribution in [0.4, 0.5) is 11.4 Å². The van der Waals surface area contributed by atoms with Crippen LogP contribution in [0, 0.1) is 0 Å². The maximum atomic E-state index is 12.0. The zero-order chi connectivity index (χ0) is 14.6. The SMILES string of the molecule is CC(C(=O)Nc1cc(Cl)ccc1N)N(C)CC(N)=O. The van der Waals surface area contributed by atoms with E-state index in [0.29, 0.717) is 16.4 Å². The number of rotatable bonds is 5. The maximum absolute atomic E-state index is 12.0. The minimum atomic E-state index is -0.522. The molecule has 1 aromatic carbocycles. The van der Waals surface area contributed by atoms with Crippen molar-refractivity contribution in [3.8, 4) is 0 Å². The molecule has 0 aliphatic heterocycles. The Balaban J connectivity index is 2.73. The molecular weight excluding hydrogens is 268 g/mol. The van der Waals surface area contributed by atoms with Crippen molar-refractivity contribution in [3.05, 3.63) is 23.2 Å². The molecule has 0 radical (unpaired) electrons. The van der Waals surface area contributed by atoms with Crippen LogP contribution in [0.5, 0.6) is 0 Å². The molecule has 0 saturated heterocycles. The Bertz CT molecular complexity index is 493. The number of halogens is 1. The topological polar surface area (TPSA) is 101 Å². The fraction of sp³-hybridized carbons (Fsp3) is 0.333. The molecule has 1 rings (SSSR count). The molecule has 0 saturated carbocycles. The Kier molecular flexibility index (Phi) is 5.14. The summed E-state index contributed by atoms with van der Waals surface area (Å²) in [7, 11) is 1.64.